The summed E-state index contributed by atoms with van der Waals surface area (Å²) in [5, 5.41) is 3.97. The van der Waals surface area contributed by atoms with Gasteiger partial charge in [0, 0.05) is 6.20 Å². The lowest BCUT2D eigenvalue weighted by Gasteiger charge is -2.21. The van der Waals surface area contributed by atoms with Crippen molar-refractivity contribution in [2.45, 2.75) is 39.5 Å². The second kappa shape index (κ2) is 6.20. The standard InChI is InChI=1S/C13H16F3N3O3/c1-7-9(19-10(20)13(14,15)16)8(5-6-17-7)18-11(21)22-12(2,3)4/h5-6H,1-4H3,(H,19,20)(H,17,18,21). The quantitative estimate of drug-likeness (QED) is 0.877. The highest BCUT2D eigenvalue weighted by Gasteiger charge is 2.39. The van der Waals surface area contributed by atoms with E-state index in [9.17, 15) is 22.8 Å². The minimum atomic E-state index is -5.05. The molecule has 0 aliphatic carbocycles. The van der Waals surface area contributed by atoms with E-state index in [-0.39, 0.29) is 17.1 Å². The van der Waals surface area contributed by atoms with Crippen molar-refractivity contribution in [3.05, 3.63) is 18.0 Å². The molecule has 0 atom stereocenters. The minimum Gasteiger partial charge on any atom is -0.444 e. The molecule has 0 bridgehead atoms. The van der Waals surface area contributed by atoms with Crippen molar-refractivity contribution in [2.24, 2.45) is 0 Å². The summed E-state index contributed by atoms with van der Waals surface area (Å²) in [6, 6.07) is 1.25. The van der Waals surface area contributed by atoms with E-state index in [2.05, 4.69) is 10.3 Å². The van der Waals surface area contributed by atoms with Crippen molar-refractivity contribution in [2.75, 3.05) is 10.6 Å². The topological polar surface area (TPSA) is 80.3 Å². The third kappa shape index (κ3) is 5.23. The minimum absolute atomic E-state index is 0.0423. The molecule has 1 aromatic rings. The molecule has 2 amide bonds. The van der Waals surface area contributed by atoms with E-state index >= 15 is 0 Å². The number of aromatic nitrogens is 1. The summed E-state index contributed by atoms with van der Waals surface area (Å²) >= 11 is 0. The van der Waals surface area contributed by atoms with Gasteiger partial charge in [0.1, 0.15) is 5.60 Å². The van der Waals surface area contributed by atoms with Gasteiger partial charge < -0.3 is 10.1 Å². The number of hydrogen-bond acceptors (Lipinski definition) is 4. The fourth-order valence-corrected chi connectivity index (χ4v) is 1.43. The average molecular weight is 319 g/mol. The molecule has 1 aromatic heterocycles. The maximum Gasteiger partial charge on any atom is 0.471 e. The molecule has 6 nitrogen and oxygen atoms in total. The molecule has 0 aromatic carbocycles. The van der Waals surface area contributed by atoms with Gasteiger partial charge in [0.2, 0.25) is 0 Å². The molecule has 0 saturated carbocycles. The van der Waals surface area contributed by atoms with Crippen LogP contribution in [0.5, 0.6) is 0 Å². The first-order valence-electron chi connectivity index (χ1n) is 6.24. The number of rotatable bonds is 2. The zero-order valence-corrected chi connectivity index (χ0v) is 12.5. The van der Waals surface area contributed by atoms with Crippen LogP contribution in [0.2, 0.25) is 0 Å². The van der Waals surface area contributed by atoms with Crippen LogP contribution in [0.15, 0.2) is 12.3 Å². The molecule has 0 unspecified atom stereocenters. The first-order valence-corrected chi connectivity index (χ1v) is 6.24. The van der Waals surface area contributed by atoms with Crippen LogP contribution in [0, 0.1) is 6.92 Å². The fraction of sp³-hybridized carbons (Fsp3) is 0.462. The fourth-order valence-electron chi connectivity index (χ4n) is 1.43. The first kappa shape index (κ1) is 17.7. The summed E-state index contributed by atoms with van der Waals surface area (Å²) < 4.78 is 42.0. The number of carbonyl (C=O) groups excluding carboxylic acids is 2. The number of alkyl halides is 3. The zero-order chi connectivity index (χ0) is 17.1. The molecular formula is C13H16F3N3O3. The molecule has 0 spiro atoms. The number of carbonyl (C=O) groups is 2. The Balaban J connectivity index is 3.00. The summed E-state index contributed by atoms with van der Waals surface area (Å²) in [6.07, 6.45) is -4.63. The third-order valence-corrected chi connectivity index (χ3v) is 2.27. The SMILES string of the molecule is Cc1nccc(NC(=O)OC(C)(C)C)c1NC(=O)C(F)(F)F. The first-order chi connectivity index (χ1) is 9.90. The Bertz CT molecular complexity index is 580. The van der Waals surface area contributed by atoms with Crippen LogP contribution in [0.3, 0.4) is 0 Å². The van der Waals surface area contributed by atoms with Crippen LogP contribution in [0.25, 0.3) is 0 Å². The van der Waals surface area contributed by atoms with Gasteiger partial charge in [0.15, 0.2) is 0 Å². The van der Waals surface area contributed by atoms with Gasteiger partial charge in [-0.2, -0.15) is 13.2 Å². The molecule has 2 N–H and O–H groups in total. The van der Waals surface area contributed by atoms with E-state index < -0.39 is 23.8 Å². The Kier molecular flexibility index (Phi) is 5.00. The predicted molar refractivity (Wildman–Crippen MR) is 73.5 cm³/mol. The largest absolute Gasteiger partial charge is 0.471 e. The molecule has 0 saturated heterocycles. The smallest absolute Gasteiger partial charge is 0.444 e. The lowest BCUT2D eigenvalue weighted by atomic mass is 10.2. The van der Waals surface area contributed by atoms with Crippen LogP contribution in [0.1, 0.15) is 26.5 Å². The van der Waals surface area contributed by atoms with E-state index in [1.165, 1.54) is 19.2 Å². The number of halogens is 3. The van der Waals surface area contributed by atoms with E-state index in [0.717, 1.165) is 0 Å². The molecule has 9 heteroatoms. The van der Waals surface area contributed by atoms with Gasteiger partial charge in [0.25, 0.3) is 0 Å². The summed E-state index contributed by atoms with van der Waals surface area (Å²) in [5.74, 6) is -2.16. The van der Waals surface area contributed by atoms with Crippen LogP contribution >= 0.6 is 0 Å². The van der Waals surface area contributed by atoms with Gasteiger partial charge in [0.05, 0.1) is 17.1 Å². The van der Waals surface area contributed by atoms with E-state index in [4.69, 9.17) is 4.74 Å². The lowest BCUT2D eigenvalue weighted by Crippen LogP contribution is -2.31. The Morgan fingerprint density at radius 3 is 2.27 bits per heavy atom. The highest BCUT2D eigenvalue weighted by molar-refractivity contribution is 6.00. The molecule has 0 fully saturated rings. The van der Waals surface area contributed by atoms with Gasteiger partial charge in [-0.25, -0.2) is 4.79 Å². The number of hydrogen-bond donors (Lipinski definition) is 2. The maximum absolute atomic E-state index is 12.3. The number of pyridine rings is 1. The van der Waals surface area contributed by atoms with Gasteiger partial charge in [-0.1, -0.05) is 0 Å². The van der Waals surface area contributed by atoms with Crippen LogP contribution in [0.4, 0.5) is 29.3 Å². The Hall–Kier alpha value is -2.32. The Morgan fingerprint density at radius 1 is 1.18 bits per heavy atom. The summed E-state index contributed by atoms with van der Waals surface area (Å²) in [5.41, 5.74) is -0.942. The van der Waals surface area contributed by atoms with Crippen molar-refractivity contribution >= 4 is 23.4 Å². The molecule has 0 aliphatic rings. The third-order valence-electron chi connectivity index (χ3n) is 2.27. The second-order valence-corrected chi connectivity index (χ2v) is 5.40. The van der Waals surface area contributed by atoms with Gasteiger partial charge >= 0.3 is 18.2 Å². The normalized spacial score (nSPS) is 11.8. The van der Waals surface area contributed by atoms with Crippen molar-refractivity contribution in [3.8, 4) is 0 Å². The molecular weight excluding hydrogens is 303 g/mol. The van der Waals surface area contributed by atoms with Gasteiger partial charge in [-0.15, -0.1) is 0 Å². The van der Waals surface area contributed by atoms with Gasteiger partial charge in [-0.05, 0) is 33.8 Å². The number of aryl methyl sites for hydroxylation is 1. The monoisotopic (exact) mass is 319 g/mol. The molecule has 1 heterocycles. The highest BCUT2D eigenvalue weighted by atomic mass is 19.4. The molecule has 0 radical (unpaired) electrons. The number of nitrogens with zero attached hydrogens (tertiary/aromatic N) is 1. The Morgan fingerprint density at radius 2 is 1.77 bits per heavy atom. The predicted octanol–water partition coefficient (Wildman–Crippen LogP) is 3.24. The Labute approximate surface area is 125 Å². The van der Waals surface area contributed by atoms with E-state index in [0.29, 0.717) is 0 Å². The average Bonchev–Trinajstić information content (AvgIpc) is 2.29. The van der Waals surface area contributed by atoms with Crippen molar-refractivity contribution in [1.82, 2.24) is 4.98 Å². The van der Waals surface area contributed by atoms with Gasteiger partial charge in [-0.3, -0.25) is 15.1 Å². The second-order valence-electron chi connectivity index (χ2n) is 5.40. The summed E-state index contributed by atoms with van der Waals surface area (Å²) in [4.78, 5) is 26.5. The zero-order valence-electron chi connectivity index (χ0n) is 12.5. The summed E-state index contributed by atoms with van der Waals surface area (Å²) in [6.45, 7) is 6.30. The van der Waals surface area contributed by atoms with Crippen molar-refractivity contribution in [3.63, 3.8) is 0 Å². The van der Waals surface area contributed by atoms with E-state index in [1.54, 1.807) is 26.1 Å². The highest BCUT2D eigenvalue weighted by Crippen LogP contribution is 2.27. The maximum atomic E-state index is 12.3. The number of anilines is 2. The van der Waals surface area contributed by atoms with Crippen molar-refractivity contribution in [1.29, 1.82) is 0 Å². The molecule has 122 valence electrons. The number of ether oxygens (including phenoxy) is 1. The van der Waals surface area contributed by atoms with Crippen LogP contribution < -0.4 is 10.6 Å². The lowest BCUT2D eigenvalue weighted by molar-refractivity contribution is -0.167. The van der Waals surface area contributed by atoms with Crippen LogP contribution in [-0.4, -0.2) is 28.8 Å². The summed E-state index contributed by atoms with van der Waals surface area (Å²) in [7, 11) is 0. The molecule has 1 rings (SSSR count). The van der Waals surface area contributed by atoms with E-state index in [1.807, 2.05) is 0 Å². The van der Waals surface area contributed by atoms with Crippen LogP contribution in [-0.2, 0) is 9.53 Å². The van der Waals surface area contributed by atoms with Crippen molar-refractivity contribution < 1.29 is 27.5 Å². The number of nitrogens with one attached hydrogen (secondary N) is 2. The number of amides is 2. The molecule has 0 aliphatic heterocycles. The molecule has 22 heavy (non-hydrogen) atoms.